The topological polar surface area (TPSA) is 80.5 Å². The van der Waals surface area contributed by atoms with Gasteiger partial charge in [0.2, 0.25) is 0 Å². The Bertz CT molecular complexity index is 712. The summed E-state index contributed by atoms with van der Waals surface area (Å²) in [6.07, 6.45) is 3.11. The average Bonchev–Trinajstić information content (AvgIpc) is 3.41. The number of amides is 2. The summed E-state index contributed by atoms with van der Waals surface area (Å²) in [6, 6.07) is 9.67. The first kappa shape index (κ1) is 16.1. The third-order valence-electron chi connectivity index (χ3n) is 4.81. The van der Waals surface area contributed by atoms with Crippen LogP contribution in [0.25, 0.3) is 11.5 Å². The Labute approximate surface area is 146 Å². The molecule has 2 aliphatic rings. The largest absolute Gasteiger partial charge is 0.376 e. The summed E-state index contributed by atoms with van der Waals surface area (Å²) in [5.41, 5.74) is 0.908. The van der Waals surface area contributed by atoms with Crippen LogP contribution in [0.2, 0.25) is 0 Å². The Balaban J connectivity index is 1.33. The van der Waals surface area contributed by atoms with E-state index >= 15 is 0 Å². The lowest BCUT2D eigenvalue weighted by molar-refractivity contribution is 0.109. The molecular formula is C18H22N4O3. The van der Waals surface area contributed by atoms with Gasteiger partial charge in [0.25, 0.3) is 5.89 Å². The Morgan fingerprint density at radius 2 is 2.16 bits per heavy atom. The molecule has 7 nitrogen and oxygen atoms in total. The number of aromatic nitrogens is 2. The van der Waals surface area contributed by atoms with Crippen LogP contribution < -0.4 is 5.32 Å². The molecule has 0 unspecified atom stereocenters. The highest BCUT2D eigenvalue weighted by Gasteiger charge is 2.31. The third-order valence-corrected chi connectivity index (χ3v) is 4.81. The Kier molecular flexibility index (Phi) is 4.65. The molecule has 1 aromatic carbocycles. The van der Waals surface area contributed by atoms with Crippen LogP contribution in [0.3, 0.4) is 0 Å². The Morgan fingerprint density at radius 1 is 1.28 bits per heavy atom. The van der Waals surface area contributed by atoms with Crippen LogP contribution in [0.15, 0.2) is 34.9 Å². The molecular weight excluding hydrogens is 320 g/mol. The van der Waals surface area contributed by atoms with Gasteiger partial charge < -0.3 is 19.5 Å². The van der Waals surface area contributed by atoms with Gasteiger partial charge in [0.05, 0.1) is 6.10 Å². The lowest BCUT2D eigenvalue weighted by Crippen LogP contribution is -2.41. The first-order valence-corrected chi connectivity index (χ1v) is 8.83. The van der Waals surface area contributed by atoms with Crippen molar-refractivity contribution in [3.63, 3.8) is 0 Å². The molecule has 4 rings (SSSR count). The number of nitrogens with zero attached hydrogens (tertiary/aromatic N) is 3. The van der Waals surface area contributed by atoms with Gasteiger partial charge in [-0.3, -0.25) is 0 Å². The van der Waals surface area contributed by atoms with E-state index in [1.54, 1.807) is 0 Å². The molecule has 2 saturated heterocycles. The van der Waals surface area contributed by atoms with E-state index in [2.05, 4.69) is 15.5 Å². The van der Waals surface area contributed by atoms with Crippen LogP contribution in [0.4, 0.5) is 4.79 Å². The van der Waals surface area contributed by atoms with E-state index in [0.717, 1.165) is 31.4 Å². The van der Waals surface area contributed by atoms with Crippen molar-refractivity contribution in [2.45, 2.75) is 31.3 Å². The maximum Gasteiger partial charge on any atom is 0.317 e. The molecule has 2 amide bonds. The van der Waals surface area contributed by atoms with Gasteiger partial charge in [0.15, 0.2) is 5.82 Å². The number of nitrogens with one attached hydrogen (secondary N) is 1. The molecule has 2 aliphatic heterocycles. The van der Waals surface area contributed by atoms with Gasteiger partial charge in [-0.2, -0.15) is 4.98 Å². The maximum absolute atomic E-state index is 12.3. The second-order valence-corrected chi connectivity index (χ2v) is 6.58. The fourth-order valence-electron chi connectivity index (χ4n) is 3.37. The van der Waals surface area contributed by atoms with Gasteiger partial charge in [0, 0.05) is 37.7 Å². The van der Waals surface area contributed by atoms with Crippen molar-refractivity contribution in [2.75, 3.05) is 26.2 Å². The molecule has 0 aliphatic carbocycles. The van der Waals surface area contributed by atoms with Crippen molar-refractivity contribution in [1.82, 2.24) is 20.4 Å². The molecule has 25 heavy (non-hydrogen) atoms. The minimum Gasteiger partial charge on any atom is -0.376 e. The van der Waals surface area contributed by atoms with Crippen molar-refractivity contribution in [3.8, 4) is 11.5 Å². The molecule has 7 heteroatoms. The lowest BCUT2D eigenvalue weighted by atomic mass is 10.1. The van der Waals surface area contributed by atoms with Crippen molar-refractivity contribution in [1.29, 1.82) is 0 Å². The van der Waals surface area contributed by atoms with Crippen LogP contribution in [0.1, 0.15) is 31.0 Å². The highest BCUT2D eigenvalue weighted by Crippen LogP contribution is 2.27. The zero-order valence-corrected chi connectivity index (χ0v) is 14.1. The number of carbonyl (C=O) groups is 1. The van der Waals surface area contributed by atoms with E-state index in [9.17, 15) is 4.79 Å². The summed E-state index contributed by atoms with van der Waals surface area (Å²) in [5, 5.41) is 7.08. The maximum atomic E-state index is 12.3. The number of ether oxygens (including phenoxy) is 1. The Hall–Kier alpha value is -2.41. The molecule has 0 spiro atoms. The van der Waals surface area contributed by atoms with Crippen molar-refractivity contribution in [3.05, 3.63) is 36.2 Å². The SMILES string of the molecule is O=C(NC[C@H]1CCCO1)N1CC[C@@H](c2noc(-c3ccccc3)n2)C1. The number of benzene rings is 1. The smallest absolute Gasteiger partial charge is 0.317 e. The van der Waals surface area contributed by atoms with Gasteiger partial charge in [0.1, 0.15) is 0 Å². The zero-order valence-electron chi connectivity index (χ0n) is 14.1. The standard InChI is InChI=1S/C18H22N4O3/c23-18(19-11-15-7-4-10-24-15)22-9-8-14(12-22)16-20-17(25-21-16)13-5-2-1-3-6-13/h1-3,5-6,14-15H,4,7-12H2,(H,19,23)/t14-,15-/m1/s1. The number of hydrogen-bond acceptors (Lipinski definition) is 5. The molecule has 1 N–H and O–H groups in total. The summed E-state index contributed by atoms with van der Waals surface area (Å²) in [6.45, 7) is 2.70. The van der Waals surface area contributed by atoms with E-state index in [0.29, 0.717) is 31.3 Å². The van der Waals surface area contributed by atoms with E-state index < -0.39 is 0 Å². The minimum atomic E-state index is -0.0372. The summed E-state index contributed by atoms with van der Waals surface area (Å²) >= 11 is 0. The summed E-state index contributed by atoms with van der Waals surface area (Å²) in [4.78, 5) is 18.6. The predicted octanol–water partition coefficient (Wildman–Crippen LogP) is 2.41. The molecule has 2 fully saturated rings. The zero-order chi connectivity index (χ0) is 17.1. The first-order chi connectivity index (χ1) is 12.3. The van der Waals surface area contributed by atoms with Crippen LogP contribution in [-0.2, 0) is 4.74 Å². The fraction of sp³-hybridized carbons (Fsp3) is 0.500. The van der Waals surface area contributed by atoms with Crippen molar-refractivity contribution in [2.24, 2.45) is 0 Å². The van der Waals surface area contributed by atoms with Gasteiger partial charge in [-0.1, -0.05) is 23.4 Å². The predicted molar refractivity (Wildman–Crippen MR) is 91.0 cm³/mol. The summed E-state index contributed by atoms with van der Waals surface area (Å²) in [5.74, 6) is 1.32. The van der Waals surface area contributed by atoms with Gasteiger partial charge in [-0.05, 0) is 31.4 Å². The molecule has 1 aromatic heterocycles. The second kappa shape index (κ2) is 7.23. The quantitative estimate of drug-likeness (QED) is 0.923. The third kappa shape index (κ3) is 3.66. The number of urea groups is 1. The minimum absolute atomic E-state index is 0.0372. The van der Waals surface area contributed by atoms with Gasteiger partial charge in [-0.25, -0.2) is 4.79 Å². The molecule has 3 heterocycles. The van der Waals surface area contributed by atoms with Crippen molar-refractivity contribution >= 4 is 6.03 Å². The van der Waals surface area contributed by atoms with Crippen molar-refractivity contribution < 1.29 is 14.1 Å². The highest BCUT2D eigenvalue weighted by molar-refractivity contribution is 5.74. The van der Waals surface area contributed by atoms with E-state index in [1.165, 1.54) is 0 Å². The van der Waals surface area contributed by atoms with Gasteiger partial charge >= 0.3 is 6.03 Å². The number of carbonyl (C=O) groups excluding carboxylic acids is 1. The highest BCUT2D eigenvalue weighted by atomic mass is 16.5. The lowest BCUT2D eigenvalue weighted by Gasteiger charge is -2.18. The van der Waals surface area contributed by atoms with E-state index in [-0.39, 0.29) is 18.1 Å². The molecule has 2 atom stereocenters. The first-order valence-electron chi connectivity index (χ1n) is 8.83. The van der Waals surface area contributed by atoms with Crippen LogP contribution in [0, 0.1) is 0 Å². The average molecular weight is 342 g/mol. The molecule has 0 bridgehead atoms. The molecule has 0 radical (unpaired) electrons. The molecule has 2 aromatic rings. The van der Waals surface area contributed by atoms with Gasteiger partial charge in [-0.15, -0.1) is 0 Å². The Morgan fingerprint density at radius 3 is 2.96 bits per heavy atom. The van der Waals surface area contributed by atoms with Crippen LogP contribution in [-0.4, -0.2) is 53.4 Å². The van der Waals surface area contributed by atoms with E-state index in [4.69, 9.17) is 9.26 Å². The van der Waals surface area contributed by atoms with Crippen LogP contribution >= 0.6 is 0 Å². The summed E-state index contributed by atoms with van der Waals surface area (Å²) < 4.78 is 10.9. The summed E-state index contributed by atoms with van der Waals surface area (Å²) in [7, 11) is 0. The number of hydrogen-bond donors (Lipinski definition) is 1. The number of rotatable bonds is 4. The monoisotopic (exact) mass is 342 g/mol. The normalized spacial score (nSPS) is 23.1. The second-order valence-electron chi connectivity index (χ2n) is 6.58. The van der Waals surface area contributed by atoms with Crippen LogP contribution in [0.5, 0.6) is 0 Å². The molecule has 132 valence electrons. The molecule has 0 saturated carbocycles. The van der Waals surface area contributed by atoms with E-state index in [1.807, 2.05) is 35.2 Å². The fourth-order valence-corrected chi connectivity index (χ4v) is 3.37. The number of likely N-dealkylation sites (tertiary alicyclic amines) is 1.